The highest BCUT2D eigenvalue weighted by Crippen LogP contribution is 2.22. The van der Waals surface area contributed by atoms with Crippen LogP contribution in [0.1, 0.15) is 27.7 Å². The van der Waals surface area contributed by atoms with E-state index in [0.717, 1.165) is 17.4 Å². The lowest BCUT2D eigenvalue weighted by Gasteiger charge is -2.17. The van der Waals surface area contributed by atoms with Crippen molar-refractivity contribution in [3.05, 3.63) is 54.0 Å². The van der Waals surface area contributed by atoms with Crippen molar-refractivity contribution in [3.63, 3.8) is 0 Å². The molecule has 3 aromatic rings. The van der Waals surface area contributed by atoms with E-state index in [-0.39, 0.29) is 5.60 Å². The van der Waals surface area contributed by atoms with Crippen LogP contribution in [0.15, 0.2) is 53.7 Å². The van der Waals surface area contributed by atoms with Gasteiger partial charge in [-0.15, -0.1) is 0 Å². The molecule has 22 heavy (non-hydrogen) atoms. The van der Waals surface area contributed by atoms with Gasteiger partial charge in [-0.05, 0) is 39.1 Å². The Balaban J connectivity index is 2.46. The van der Waals surface area contributed by atoms with Gasteiger partial charge in [0, 0.05) is 17.3 Å². The monoisotopic (exact) mass is 294 g/mol. The van der Waals surface area contributed by atoms with Crippen LogP contribution in [0.4, 0.5) is 0 Å². The van der Waals surface area contributed by atoms with Crippen molar-refractivity contribution < 1.29 is 4.84 Å². The number of fused-ring (bicyclic) bond motifs is 3. The van der Waals surface area contributed by atoms with Gasteiger partial charge in [-0.3, -0.25) is 0 Å². The molecule has 0 unspecified atom stereocenters. The third-order valence-electron chi connectivity index (χ3n) is 3.63. The quantitative estimate of drug-likeness (QED) is 0.507. The number of nitrogens with zero attached hydrogens (tertiary/aromatic N) is 2. The molecule has 3 nitrogen and oxygen atoms in total. The zero-order chi connectivity index (χ0) is 15.7. The van der Waals surface area contributed by atoms with Crippen molar-refractivity contribution >= 4 is 21.7 Å². The lowest BCUT2D eigenvalue weighted by molar-refractivity contribution is -0.00745. The number of hydrogen-bond donors (Lipinski definition) is 0. The van der Waals surface area contributed by atoms with Crippen molar-refractivity contribution in [2.24, 2.45) is 5.16 Å². The molecule has 3 rings (SSSR count). The molecule has 0 radical (unpaired) electrons. The molecule has 114 valence electrons. The zero-order valence-electron chi connectivity index (χ0n) is 13.6. The van der Waals surface area contributed by atoms with E-state index in [9.17, 15) is 0 Å². The Bertz CT molecular complexity index is 885. The summed E-state index contributed by atoms with van der Waals surface area (Å²) >= 11 is 0. The van der Waals surface area contributed by atoms with E-state index in [1.807, 2.05) is 26.8 Å². The average Bonchev–Trinajstić information content (AvgIpc) is 2.51. The smallest absolute Gasteiger partial charge is 0.180 e. The van der Waals surface area contributed by atoms with E-state index >= 15 is 0 Å². The fourth-order valence-corrected chi connectivity index (χ4v) is 2.71. The standard InChI is InChI=1S/C19H22N2O/c1-5-21-17-13-9-8-11-15(17)14-10-6-7-12-16(14)18(21)20-22-19(2,3)4/h6-13H,5H2,1-4H3/b20-18-. The average molecular weight is 294 g/mol. The second-order valence-corrected chi connectivity index (χ2v) is 6.43. The maximum absolute atomic E-state index is 5.72. The van der Waals surface area contributed by atoms with Crippen LogP contribution in [0, 0.1) is 0 Å². The first-order valence-corrected chi connectivity index (χ1v) is 7.74. The SMILES string of the molecule is CCn1/c(=N\OC(C)(C)C)c2ccccc2c2ccccc21. The van der Waals surface area contributed by atoms with Crippen molar-refractivity contribution in [1.29, 1.82) is 0 Å². The van der Waals surface area contributed by atoms with E-state index in [0.29, 0.717) is 0 Å². The van der Waals surface area contributed by atoms with Gasteiger partial charge in [0.25, 0.3) is 0 Å². The van der Waals surface area contributed by atoms with Crippen molar-refractivity contribution in [1.82, 2.24) is 4.57 Å². The summed E-state index contributed by atoms with van der Waals surface area (Å²) in [4.78, 5) is 5.72. The molecule has 0 aliphatic rings. The van der Waals surface area contributed by atoms with E-state index in [4.69, 9.17) is 4.84 Å². The number of aromatic nitrogens is 1. The highest BCUT2D eigenvalue weighted by molar-refractivity contribution is 6.05. The van der Waals surface area contributed by atoms with Crippen LogP contribution in [0.5, 0.6) is 0 Å². The number of aryl methyl sites for hydroxylation is 1. The van der Waals surface area contributed by atoms with Gasteiger partial charge >= 0.3 is 0 Å². The van der Waals surface area contributed by atoms with Gasteiger partial charge in [-0.2, -0.15) is 0 Å². The third-order valence-corrected chi connectivity index (χ3v) is 3.63. The highest BCUT2D eigenvalue weighted by Gasteiger charge is 2.12. The van der Waals surface area contributed by atoms with Crippen LogP contribution in [-0.4, -0.2) is 10.2 Å². The topological polar surface area (TPSA) is 26.5 Å². The maximum Gasteiger partial charge on any atom is 0.180 e. The Morgan fingerprint density at radius 3 is 2.14 bits per heavy atom. The molecule has 0 aliphatic carbocycles. The predicted octanol–water partition coefficient (Wildman–Crippen LogP) is 4.45. The number of para-hydroxylation sites is 1. The Labute approximate surface area is 130 Å². The zero-order valence-corrected chi connectivity index (χ0v) is 13.6. The summed E-state index contributed by atoms with van der Waals surface area (Å²) in [5.41, 5.74) is 1.75. The molecule has 1 heterocycles. The molecule has 0 saturated heterocycles. The summed E-state index contributed by atoms with van der Waals surface area (Å²) in [6, 6.07) is 16.8. The van der Waals surface area contributed by atoms with E-state index in [2.05, 4.69) is 59.1 Å². The van der Waals surface area contributed by atoms with E-state index in [1.165, 1.54) is 16.3 Å². The fourth-order valence-electron chi connectivity index (χ4n) is 2.71. The first kappa shape index (κ1) is 14.6. The normalized spacial score (nSPS) is 13.0. The second-order valence-electron chi connectivity index (χ2n) is 6.43. The Morgan fingerprint density at radius 1 is 0.909 bits per heavy atom. The van der Waals surface area contributed by atoms with Crippen LogP contribution >= 0.6 is 0 Å². The lowest BCUT2D eigenvalue weighted by Crippen LogP contribution is -2.25. The van der Waals surface area contributed by atoms with Crippen LogP contribution in [0.25, 0.3) is 21.7 Å². The van der Waals surface area contributed by atoms with Crippen LogP contribution < -0.4 is 5.49 Å². The molecule has 3 heteroatoms. The molecule has 0 amide bonds. The summed E-state index contributed by atoms with van der Waals surface area (Å²) in [6.45, 7) is 9.01. The molecule has 0 bridgehead atoms. The molecule has 1 aromatic heterocycles. The van der Waals surface area contributed by atoms with E-state index in [1.54, 1.807) is 0 Å². The molecule has 0 saturated carbocycles. The van der Waals surface area contributed by atoms with Crippen LogP contribution in [0.2, 0.25) is 0 Å². The molecular formula is C19H22N2O. The molecule has 0 spiro atoms. The Kier molecular flexibility index (Phi) is 3.65. The Hall–Kier alpha value is -2.29. The number of rotatable bonds is 2. The van der Waals surface area contributed by atoms with Crippen LogP contribution in [-0.2, 0) is 11.4 Å². The van der Waals surface area contributed by atoms with E-state index < -0.39 is 0 Å². The molecule has 0 N–H and O–H groups in total. The first-order valence-electron chi connectivity index (χ1n) is 7.74. The molecular weight excluding hydrogens is 272 g/mol. The van der Waals surface area contributed by atoms with Gasteiger partial charge in [-0.25, -0.2) is 0 Å². The molecule has 2 aromatic carbocycles. The minimum absolute atomic E-state index is 0.307. The minimum atomic E-state index is -0.307. The second kappa shape index (κ2) is 5.48. The molecule has 0 aliphatic heterocycles. The number of hydrogen-bond acceptors (Lipinski definition) is 2. The first-order chi connectivity index (χ1) is 10.5. The van der Waals surface area contributed by atoms with Crippen molar-refractivity contribution in [2.45, 2.75) is 39.8 Å². The van der Waals surface area contributed by atoms with Gasteiger partial charge in [0.1, 0.15) is 5.60 Å². The van der Waals surface area contributed by atoms with Gasteiger partial charge in [0.15, 0.2) is 5.49 Å². The summed E-state index contributed by atoms with van der Waals surface area (Å²) in [5, 5.41) is 8.06. The molecule has 0 fully saturated rings. The largest absolute Gasteiger partial charge is 0.388 e. The highest BCUT2D eigenvalue weighted by atomic mass is 16.6. The fraction of sp³-hybridized carbons (Fsp3) is 0.316. The van der Waals surface area contributed by atoms with Crippen LogP contribution in [0.3, 0.4) is 0 Å². The summed E-state index contributed by atoms with van der Waals surface area (Å²) in [5.74, 6) is 0. The number of pyridine rings is 1. The van der Waals surface area contributed by atoms with Gasteiger partial charge in [0.2, 0.25) is 0 Å². The predicted molar refractivity (Wildman–Crippen MR) is 91.5 cm³/mol. The molecule has 0 atom stereocenters. The van der Waals surface area contributed by atoms with Gasteiger partial charge < -0.3 is 9.40 Å². The van der Waals surface area contributed by atoms with Gasteiger partial charge in [0.05, 0.1) is 5.52 Å². The summed E-state index contributed by atoms with van der Waals surface area (Å²) < 4.78 is 2.21. The summed E-state index contributed by atoms with van der Waals surface area (Å²) in [7, 11) is 0. The maximum atomic E-state index is 5.72. The van der Waals surface area contributed by atoms with Crippen molar-refractivity contribution in [3.8, 4) is 0 Å². The number of benzene rings is 2. The minimum Gasteiger partial charge on any atom is -0.388 e. The lowest BCUT2D eigenvalue weighted by atomic mass is 10.1. The van der Waals surface area contributed by atoms with Crippen molar-refractivity contribution in [2.75, 3.05) is 0 Å². The third kappa shape index (κ3) is 2.59. The summed E-state index contributed by atoms with van der Waals surface area (Å²) in [6.07, 6.45) is 0. The van der Waals surface area contributed by atoms with Gasteiger partial charge in [-0.1, -0.05) is 47.6 Å². The Morgan fingerprint density at radius 2 is 1.50 bits per heavy atom.